The molecule has 1 fully saturated rings. The SMILES string of the molecule is COc1cc(C(=N)N)ccc1OCC1CCC1. The maximum absolute atomic E-state index is 7.37. The van der Waals surface area contributed by atoms with Gasteiger partial charge in [0.1, 0.15) is 5.84 Å². The molecule has 4 nitrogen and oxygen atoms in total. The Bertz CT molecular complexity index is 414. The normalized spacial score (nSPS) is 15.1. The van der Waals surface area contributed by atoms with Gasteiger partial charge in [-0.1, -0.05) is 6.42 Å². The Labute approximate surface area is 101 Å². The van der Waals surface area contributed by atoms with E-state index >= 15 is 0 Å². The number of nitrogens with one attached hydrogen (secondary N) is 1. The molecule has 0 atom stereocenters. The van der Waals surface area contributed by atoms with Crippen LogP contribution in [0.1, 0.15) is 24.8 Å². The van der Waals surface area contributed by atoms with Crippen LogP contribution >= 0.6 is 0 Å². The van der Waals surface area contributed by atoms with E-state index in [2.05, 4.69) is 0 Å². The molecule has 0 bridgehead atoms. The van der Waals surface area contributed by atoms with Gasteiger partial charge < -0.3 is 15.2 Å². The lowest BCUT2D eigenvalue weighted by Gasteiger charge is -2.25. The van der Waals surface area contributed by atoms with Crippen molar-refractivity contribution in [1.82, 2.24) is 0 Å². The van der Waals surface area contributed by atoms with Crippen LogP contribution < -0.4 is 15.2 Å². The number of ether oxygens (including phenoxy) is 2. The average Bonchev–Trinajstić information content (AvgIpc) is 2.27. The third kappa shape index (κ3) is 2.70. The van der Waals surface area contributed by atoms with E-state index in [0.29, 0.717) is 17.2 Å². The molecule has 1 aromatic carbocycles. The molecular weight excluding hydrogens is 216 g/mol. The quantitative estimate of drug-likeness (QED) is 0.606. The average molecular weight is 234 g/mol. The standard InChI is InChI=1S/C13H18N2O2/c1-16-12-7-10(13(14)15)5-6-11(12)17-8-9-3-2-4-9/h5-7,9H,2-4,8H2,1H3,(H3,14,15). The topological polar surface area (TPSA) is 68.3 Å². The fourth-order valence-electron chi connectivity index (χ4n) is 1.82. The predicted molar refractivity (Wildman–Crippen MR) is 66.8 cm³/mol. The second-order valence-corrected chi connectivity index (χ2v) is 4.39. The zero-order valence-electron chi connectivity index (χ0n) is 10.0. The summed E-state index contributed by atoms with van der Waals surface area (Å²) in [6.07, 6.45) is 3.83. The molecule has 0 aliphatic heterocycles. The smallest absolute Gasteiger partial charge is 0.161 e. The van der Waals surface area contributed by atoms with Crippen molar-refractivity contribution < 1.29 is 9.47 Å². The first-order valence-corrected chi connectivity index (χ1v) is 5.86. The first-order valence-electron chi connectivity index (χ1n) is 5.86. The van der Waals surface area contributed by atoms with Gasteiger partial charge in [-0.05, 0) is 37.0 Å². The molecule has 1 saturated carbocycles. The number of amidine groups is 1. The number of rotatable bonds is 5. The molecule has 0 unspecified atom stereocenters. The minimum absolute atomic E-state index is 0.0360. The Morgan fingerprint density at radius 2 is 2.18 bits per heavy atom. The van der Waals surface area contributed by atoms with Crippen molar-refractivity contribution in [2.45, 2.75) is 19.3 Å². The second-order valence-electron chi connectivity index (χ2n) is 4.39. The van der Waals surface area contributed by atoms with Gasteiger partial charge in [-0.25, -0.2) is 0 Å². The van der Waals surface area contributed by atoms with Crippen LogP contribution in [0.4, 0.5) is 0 Å². The van der Waals surface area contributed by atoms with E-state index in [1.54, 1.807) is 19.2 Å². The Kier molecular flexibility index (Phi) is 3.52. The molecule has 2 rings (SSSR count). The van der Waals surface area contributed by atoms with E-state index in [1.807, 2.05) is 6.07 Å². The molecule has 3 N–H and O–H groups in total. The molecule has 0 radical (unpaired) electrons. The highest BCUT2D eigenvalue weighted by atomic mass is 16.5. The molecule has 1 aliphatic carbocycles. The minimum Gasteiger partial charge on any atom is -0.493 e. The molecule has 1 aliphatic rings. The van der Waals surface area contributed by atoms with Gasteiger partial charge in [0, 0.05) is 5.56 Å². The van der Waals surface area contributed by atoms with Crippen molar-refractivity contribution in [2.24, 2.45) is 11.7 Å². The zero-order chi connectivity index (χ0) is 12.3. The molecule has 0 aromatic heterocycles. The molecule has 0 spiro atoms. The molecule has 4 heteroatoms. The van der Waals surface area contributed by atoms with Gasteiger partial charge in [0.15, 0.2) is 11.5 Å². The third-order valence-corrected chi connectivity index (χ3v) is 3.17. The molecule has 92 valence electrons. The number of hydrogen-bond donors (Lipinski definition) is 2. The van der Waals surface area contributed by atoms with Crippen molar-refractivity contribution in [1.29, 1.82) is 5.41 Å². The summed E-state index contributed by atoms with van der Waals surface area (Å²) < 4.78 is 11.0. The van der Waals surface area contributed by atoms with Crippen molar-refractivity contribution in [3.05, 3.63) is 23.8 Å². The summed E-state index contributed by atoms with van der Waals surface area (Å²) in [7, 11) is 1.59. The molecule has 1 aromatic rings. The summed E-state index contributed by atoms with van der Waals surface area (Å²) >= 11 is 0. The van der Waals surface area contributed by atoms with E-state index in [4.69, 9.17) is 20.6 Å². The molecule has 17 heavy (non-hydrogen) atoms. The van der Waals surface area contributed by atoms with Crippen LogP contribution in [0.5, 0.6) is 11.5 Å². The van der Waals surface area contributed by atoms with Crippen LogP contribution in [0, 0.1) is 11.3 Å². The lowest BCUT2D eigenvalue weighted by atomic mass is 9.86. The Balaban J connectivity index is 2.06. The van der Waals surface area contributed by atoms with Gasteiger partial charge in [0.2, 0.25) is 0 Å². The van der Waals surface area contributed by atoms with Crippen molar-refractivity contribution in [3.63, 3.8) is 0 Å². The van der Waals surface area contributed by atoms with Crippen molar-refractivity contribution in [3.8, 4) is 11.5 Å². The summed E-state index contributed by atoms with van der Waals surface area (Å²) in [5, 5.41) is 7.37. The largest absolute Gasteiger partial charge is 0.493 e. The Morgan fingerprint density at radius 3 is 2.71 bits per heavy atom. The van der Waals surface area contributed by atoms with E-state index in [9.17, 15) is 0 Å². The Morgan fingerprint density at radius 1 is 1.41 bits per heavy atom. The monoisotopic (exact) mass is 234 g/mol. The maximum Gasteiger partial charge on any atom is 0.161 e. The highest BCUT2D eigenvalue weighted by molar-refractivity contribution is 5.95. The number of hydrogen-bond acceptors (Lipinski definition) is 3. The van der Waals surface area contributed by atoms with Gasteiger partial charge in [0.25, 0.3) is 0 Å². The minimum atomic E-state index is 0.0360. The van der Waals surface area contributed by atoms with Gasteiger partial charge in [-0.2, -0.15) is 0 Å². The highest BCUT2D eigenvalue weighted by Gasteiger charge is 2.18. The molecule has 0 saturated heterocycles. The molecule has 0 amide bonds. The van der Waals surface area contributed by atoms with Gasteiger partial charge in [0.05, 0.1) is 13.7 Å². The third-order valence-electron chi connectivity index (χ3n) is 3.17. The first-order chi connectivity index (χ1) is 8.20. The number of benzene rings is 1. The van der Waals surface area contributed by atoms with E-state index < -0.39 is 0 Å². The van der Waals surface area contributed by atoms with Crippen molar-refractivity contribution >= 4 is 5.84 Å². The summed E-state index contributed by atoms with van der Waals surface area (Å²) in [6.45, 7) is 0.746. The summed E-state index contributed by atoms with van der Waals surface area (Å²) in [5.41, 5.74) is 6.08. The van der Waals surface area contributed by atoms with Crippen LogP contribution in [0.15, 0.2) is 18.2 Å². The highest BCUT2D eigenvalue weighted by Crippen LogP contribution is 2.31. The maximum atomic E-state index is 7.37. The Hall–Kier alpha value is -1.71. The van der Waals surface area contributed by atoms with E-state index in [0.717, 1.165) is 12.4 Å². The second kappa shape index (κ2) is 5.08. The fraction of sp³-hybridized carbons (Fsp3) is 0.462. The van der Waals surface area contributed by atoms with Crippen molar-refractivity contribution in [2.75, 3.05) is 13.7 Å². The number of methoxy groups -OCH3 is 1. The lowest BCUT2D eigenvalue weighted by molar-refractivity contribution is 0.176. The first kappa shape index (κ1) is 11.8. The van der Waals surface area contributed by atoms with E-state index in [-0.39, 0.29) is 5.84 Å². The summed E-state index contributed by atoms with van der Waals surface area (Å²) in [5.74, 6) is 2.09. The summed E-state index contributed by atoms with van der Waals surface area (Å²) in [4.78, 5) is 0. The van der Waals surface area contributed by atoms with Gasteiger partial charge in [-0.3, -0.25) is 5.41 Å². The fourth-order valence-corrected chi connectivity index (χ4v) is 1.82. The van der Waals surface area contributed by atoms with Gasteiger partial charge in [-0.15, -0.1) is 0 Å². The summed E-state index contributed by atoms with van der Waals surface area (Å²) in [6, 6.07) is 5.33. The molecular formula is C13H18N2O2. The van der Waals surface area contributed by atoms with Crippen LogP contribution in [0.3, 0.4) is 0 Å². The number of nitrogen functional groups attached to an aromatic ring is 1. The van der Waals surface area contributed by atoms with Crippen LogP contribution in [-0.4, -0.2) is 19.6 Å². The van der Waals surface area contributed by atoms with Crippen LogP contribution in [0.25, 0.3) is 0 Å². The predicted octanol–water partition coefficient (Wildman–Crippen LogP) is 2.16. The van der Waals surface area contributed by atoms with Crippen LogP contribution in [0.2, 0.25) is 0 Å². The van der Waals surface area contributed by atoms with Gasteiger partial charge >= 0.3 is 0 Å². The van der Waals surface area contributed by atoms with Crippen LogP contribution in [-0.2, 0) is 0 Å². The van der Waals surface area contributed by atoms with E-state index in [1.165, 1.54) is 19.3 Å². The lowest BCUT2D eigenvalue weighted by Crippen LogP contribution is -2.19. The molecule has 0 heterocycles. The number of nitrogens with two attached hydrogens (primary N) is 1. The zero-order valence-corrected chi connectivity index (χ0v) is 10.0.